The molecule has 1 aliphatic rings. The minimum absolute atomic E-state index is 0.0816. The van der Waals surface area contributed by atoms with Gasteiger partial charge in [0.1, 0.15) is 17.3 Å². The summed E-state index contributed by atoms with van der Waals surface area (Å²) in [6.45, 7) is 3.78. The van der Waals surface area contributed by atoms with E-state index in [4.69, 9.17) is 4.74 Å². The van der Waals surface area contributed by atoms with E-state index in [1.807, 2.05) is 0 Å². The van der Waals surface area contributed by atoms with Crippen LogP contribution in [0.3, 0.4) is 0 Å². The van der Waals surface area contributed by atoms with Crippen molar-refractivity contribution in [2.75, 3.05) is 0 Å². The number of benzene rings is 1. The Morgan fingerprint density at radius 3 is 2.59 bits per heavy atom. The Balaban J connectivity index is 2.06. The summed E-state index contributed by atoms with van der Waals surface area (Å²) in [6.07, 6.45) is 3.64. The second kappa shape index (κ2) is 4.95. The molecular weight excluding hydrogens is 219 g/mol. The molecule has 17 heavy (non-hydrogen) atoms. The molecule has 0 spiro atoms. The number of ether oxygens (including phenoxy) is 1. The molecule has 1 aromatic carbocycles. The summed E-state index contributed by atoms with van der Waals surface area (Å²) < 4.78 is 18.2. The van der Waals surface area contributed by atoms with Gasteiger partial charge in [-0.2, -0.15) is 0 Å². The number of carbonyl (C=O) groups is 1. The first-order valence-corrected chi connectivity index (χ1v) is 5.51. The SMILES string of the molecule is C=C(OC1=CC(=O)CCC1)c1ccc(F)cc1. The van der Waals surface area contributed by atoms with Crippen LogP contribution < -0.4 is 0 Å². The first-order valence-electron chi connectivity index (χ1n) is 5.51. The normalized spacial score (nSPS) is 15.4. The van der Waals surface area contributed by atoms with Crippen LogP contribution in [0, 0.1) is 5.82 Å². The first kappa shape index (κ1) is 11.6. The van der Waals surface area contributed by atoms with Crippen LogP contribution in [0.4, 0.5) is 4.39 Å². The molecule has 0 saturated heterocycles. The summed E-state index contributed by atoms with van der Waals surface area (Å²) in [5.74, 6) is 0.855. The van der Waals surface area contributed by atoms with Crippen LogP contribution in [0.25, 0.3) is 5.76 Å². The summed E-state index contributed by atoms with van der Waals surface area (Å²) in [4.78, 5) is 11.2. The molecule has 88 valence electrons. The van der Waals surface area contributed by atoms with Crippen LogP contribution in [0.2, 0.25) is 0 Å². The number of rotatable bonds is 3. The molecule has 1 aliphatic carbocycles. The van der Waals surface area contributed by atoms with Crippen molar-refractivity contribution in [1.29, 1.82) is 0 Å². The Hall–Kier alpha value is -1.90. The van der Waals surface area contributed by atoms with Crippen LogP contribution in [0.15, 0.2) is 42.7 Å². The molecule has 0 aromatic heterocycles. The van der Waals surface area contributed by atoms with Crippen LogP contribution in [0.5, 0.6) is 0 Å². The van der Waals surface area contributed by atoms with Crippen molar-refractivity contribution in [3.8, 4) is 0 Å². The van der Waals surface area contributed by atoms with Gasteiger partial charge in [-0.1, -0.05) is 6.58 Å². The fourth-order valence-corrected chi connectivity index (χ4v) is 1.69. The minimum Gasteiger partial charge on any atom is -0.462 e. The quantitative estimate of drug-likeness (QED) is 0.746. The highest BCUT2D eigenvalue weighted by molar-refractivity contribution is 5.90. The van der Waals surface area contributed by atoms with E-state index in [1.165, 1.54) is 18.2 Å². The highest BCUT2D eigenvalue weighted by Crippen LogP contribution is 2.23. The third-order valence-corrected chi connectivity index (χ3v) is 2.59. The van der Waals surface area contributed by atoms with Crippen molar-refractivity contribution in [3.63, 3.8) is 0 Å². The monoisotopic (exact) mass is 232 g/mol. The van der Waals surface area contributed by atoms with Crippen molar-refractivity contribution in [2.24, 2.45) is 0 Å². The zero-order chi connectivity index (χ0) is 12.3. The van der Waals surface area contributed by atoms with E-state index in [2.05, 4.69) is 6.58 Å². The number of allylic oxidation sites excluding steroid dienone is 2. The predicted octanol–water partition coefficient (Wildman–Crippen LogP) is 3.45. The van der Waals surface area contributed by atoms with Gasteiger partial charge in [0.05, 0.1) is 0 Å². The maximum absolute atomic E-state index is 12.7. The van der Waals surface area contributed by atoms with Gasteiger partial charge in [0.2, 0.25) is 0 Å². The number of halogens is 1. The molecule has 0 aliphatic heterocycles. The molecule has 0 saturated carbocycles. The van der Waals surface area contributed by atoms with Gasteiger partial charge in [0.25, 0.3) is 0 Å². The van der Waals surface area contributed by atoms with Crippen molar-refractivity contribution >= 4 is 11.5 Å². The zero-order valence-corrected chi connectivity index (χ0v) is 9.41. The lowest BCUT2D eigenvalue weighted by molar-refractivity contribution is -0.115. The molecule has 2 nitrogen and oxygen atoms in total. The Kier molecular flexibility index (Phi) is 3.38. The second-order valence-corrected chi connectivity index (χ2v) is 3.96. The summed E-state index contributed by atoms with van der Waals surface area (Å²) >= 11 is 0. The van der Waals surface area contributed by atoms with E-state index in [-0.39, 0.29) is 11.6 Å². The third kappa shape index (κ3) is 3.03. The molecule has 0 bridgehead atoms. The molecule has 0 amide bonds. The number of hydrogen-bond acceptors (Lipinski definition) is 2. The van der Waals surface area contributed by atoms with E-state index in [9.17, 15) is 9.18 Å². The van der Waals surface area contributed by atoms with Crippen molar-refractivity contribution in [2.45, 2.75) is 19.3 Å². The second-order valence-electron chi connectivity index (χ2n) is 3.96. The molecular formula is C14H13FO2. The number of ketones is 1. The van der Waals surface area contributed by atoms with Crippen molar-refractivity contribution in [3.05, 3.63) is 54.1 Å². The van der Waals surface area contributed by atoms with Gasteiger partial charge in [-0.25, -0.2) is 4.39 Å². The lowest BCUT2D eigenvalue weighted by Crippen LogP contribution is -2.04. The molecule has 0 unspecified atom stereocenters. The fourth-order valence-electron chi connectivity index (χ4n) is 1.69. The minimum atomic E-state index is -0.298. The third-order valence-electron chi connectivity index (χ3n) is 2.59. The van der Waals surface area contributed by atoms with Gasteiger partial charge >= 0.3 is 0 Å². The maximum Gasteiger partial charge on any atom is 0.159 e. The summed E-state index contributed by atoms with van der Waals surface area (Å²) in [6, 6.07) is 5.90. The van der Waals surface area contributed by atoms with Crippen LogP contribution in [-0.2, 0) is 9.53 Å². The largest absolute Gasteiger partial charge is 0.462 e. The van der Waals surface area contributed by atoms with Gasteiger partial charge in [-0.05, 0) is 30.7 Å². The molecule has 0 heterocycles. The van der Waals surface area contributed by atoms with Gasteiger partial charge < -0.3 is 4.74 Å². The molecule has 0 radical (unpaired) electrons. The lowest BCUT2D eigenvalue weighted by Gasteiger charge is -2.15. The van der Waals surface area contributed by atoms with E-state index in [1.54, 1.807) is 12.1 Å². The van der Waals surface area contributed by atoms with Gasteiger partial charge in [0.15, 0.2) is 5.78 Å². The van der Waals surface area contributed by atoms with Gasteiger partial charge in [-0.15, -0.1) is 0 Å². The molecule has 3 heteroatoms. The molecule has 0 atom stereocenters. The Morgan fingerprint density at radius 1 is 1.24 bits per heavy atom. The van der Waals surface area contributed by atoms with E-state index in [0.717, 1.165) is 12.8 Å². The average Bonchev–Trinajstić information content (AvgIpc) is 2.29. The maximum atomic E-state index is 12.7. The summed E-state index contributed by atoms with van der Waals surface area (Å²) in [7, 11) is 0. The van der Waals surface area contributed by atoms with Crippen LogP contribution >= 0.6 is 0 Å². The number of carbonyl (C=O) groups excluding carboxylic acids is 1. The standard InChI is InChI=1S/C14H13FO2/c1-10(11-5-7-12(15)8-6-11)17-14-4-2-3-13(16)9-14/h5-9H,1-4H2. The molecule has 1 aromatic rings. The number of hydrogen-bond donors (Lipinski definition) is 0. The highest BCUT2D eigenvalue weighted by atomic mass is 19.1. The fraction of sp³-hybridized carbons (Fsp3) is 0.214. The summed E-state index contributed by atoms with van der Waals surface area (Å²) in [5, 5.41) is 0. The highest BCUT2D eigenvalue weighted by Gasteiger charge is 2.12. The first-order chi connectivity index (χ1) is 8.15. The van der Waals surface area contributed by atoms with Crippen LogP contribution in [0.1, 0.15) is 24.8 Å². The predicted molar refractivity (Wildman–Crippen MR) is 63.5 cm³/mol. The van der Waals surface area contributed by atoms with E-state index >= 15 is 0 Å². The topological polar surface area (TPSA) is 26.3 Å². The Morgan fingerprint density at radius 2 is 1.94 bits per heavy atom. The zero-order valence-electron chi connectivity index (χ0n) is 9.41. The van der Waals surface area contributed by atoms with E-state index < -0.39 is 0 Å². The summed E-state index contributed by atoms with van der Waals surface area (Å²) in [5.41, 5.74) is 0.713. The molecule has 0 fully saturated rings. The Bertz CT molecular complexity index is 472. The Labute approximate surface area is 99.4 Å². The van der Waals surface area contributed by atoms with E-state index in [0.29, 0.717) is 23.5 Å². The average molecular weight is 232 g/mol. The van der Waals surface area contributed by atoms with Gasteiger partial charge in [-0.3, -0.25) is 4.79 Å². The smallest absolute Gasteiger partial charge is 0.159 e. The van der Waals surface area contributed by atoms with Crippen molar-refractivity contribution < 1.29 is 13.9 Å². The van der Waals surface area contributed by atoms with Gasteiger partial charge in [0, 0.05) is 24.5 Å². The lowest BCUT2D eigenvalue weighted by atomic mass is 10.1. The molecule has 0 N–H and O–H groups in total. The van der Waals surface area contributed by atoms with Crippen molar-refractivity contribution in [1.82, 2.24) is 0 Å². The van der Waals surface area contributed by atoms with Crippen LogP contribution in [-0.4, -0.2) is 5.78 Å². The molecule has 2 rings (SSSR count).